The van der Waals surface area contributed by atoms with Crippen molar-refractivity contribution in [1.29, 1.82) is 0 Å². The molecular weight excluding hydrogens is 310 g/mol. The van der Waals surface area contributed by atoms with Crippen molar-refractivity contribution in [3.8, 4) is 5.75 Å². The van der Waals surface area contributed by atoms with Gasteiger partial charge in [0, 0.05) is 11.6 Å². The van der Waals surface area contributed by atoms with Crippen LogP contribution in [0.3, 0.4) is 0 Å². The molecule has 2 nitrogen and oxygen atoms in total. The molecule has 1 fully saturated rings. The molecule has 2 N–H and O–H groups in total. The molecule has 1 saturated carbocycles. The van der Waals surface area contributed by atoms with E-state index in [9.17, 15) is 17.6 Å². The van der Waals surface area contributed by atoms with Gasteiger partial charge in [-0.3, -0.25) is 0 Å². The standard InChI is InChI=1S/C14H17F4NO.ClH/c15-13(16)14(17,18)20-11-8-4-3-7-10(11)12(19)9-5-1-2-6-9;/h3-4,7-9,12-13H,1-2,5-6,19H2;1H/t12-;/m1./s1. The lowest BCUT2D eigenvalue weighted by Gasteiger charge is -2.24. The molecule has 1 aliphatic rings. The quantitative estimate of drug-likeness (QED) is 0.806. The number of nitrogens with two attached hydrogens (primary N) is 1. The molecule has 0 amide bonds. The Hall–Kier alpha value is -1.01. The average Bonchev–Trinajstić information content (AvgIpc) is 2.92. The van der Waals surface area contributed by atoms with Crippen molar-refractivity contribution >= 4 is 12.4 Å². The smallest absolute Gasteiger partial charge is 0.428 e. The number of hydrogen-bond acceptors (Lipinski definition) is 2. The lowest BCUT2D eigenvalue weighted by molar-refractivity contribution is -0.253. The summed E-state index contributed by atoms with van der Waals surface area (Å²) in [5.41, 5.74) is 6.44. The highest BCUT2D eigenvalue weighted by Crippen LogP contribution is 2.39. The van der Waals surface area contributed by atoms with Gasteiger partial charge in [0.05, 0.1) is 0 Å². The fraction of sp³-hybridized carbons (Fsp3) is 0.571. The first-order valence-electron chi connectivity index (χ1n) is 6.61. The number of halogens is 5. The minimum atomic E-state index is -4.51. The van der Waals surface area contributed by atoms with Crippen LogP contribution in [0.4, 0.5) is 17.6 Å². The van der Waals surface area contributed by atoms with Crippen LogP contribution < -0.4 is 10.5 Å². The molecule has 1 aliphatic carbocycles. The maximum atomic E-state index is 13.0. The summed E-state index contributed by atoms with van der Waals surface area (Å²) in [4.78, 5) is 0. The molecule has 0 unspecified atom stereocenters. The SMILES string of the molecule is Cl.N[C@@H](c1ccccc1OC(F)(F)C(F)F)C1CCCC1. The van der Waals surface area contributed by atoms with E-state index in [1.165, 1.54) is 12.1 Å². The van der Waals surface area contributed by atoms with Crippen molar-refractivity contribution in [2.45, 2.75) is 44.3 Å². The molecule has 0 spiro atoms. The first-order chi connectivity index (χ1) is 9.42. The van der Waals surface area contributed by atoms with Crippen LogP contribution >= 0.6 is 12.4 Å². The zero-order chi connectivity index (χ0) is 14.8. The maximum Gasteiger partial charge on any atom is 0.461 e. The summed E-state index contributed by atoms with van der Waals surface area (Å²) in [6.45, 7) is 0. The van der Waals surface area contributed by atoms with Crippen LogP contribution in [-0.4, -0.2) is 12.5 Å². The van der Waals surface area contributed by atoms with Crippen molar-refractivity contribution in [3.63, 3.8) is 0 Å². The molecular formula is C14H18ClF4NO. The second-order valence-electron chi connectivity index (χ2n) is 5.07. The van der Waals surface area contributed by atoms with Gasteiger partial charge in [-0.2, -0.15) is 17.6 Å². The Morgan fingerprint density at radius 3 is 2.29 bits per heavy atom. The summed E-state index contributed by atoms with van der Waals surface area (Å²) in [5, 5.41) is 0. The Labute approximate surface area is 127 Å². The van der Waals surface area contributed by atoms with Gasteiger partial charge < -0.3 is 10.5 Å². The molecule has 0 aromatic heterocycles. The van der Waals surface area contributed by atoms with Crippen LogP contribution in [0, 0.1) is 5.92 Å². The molecule has 7 heteroatoms. The highest BCUT2D eigenvalue weighted by molar-refractivity contribution is 5.85. The molecule has 0 heterocycles. The van der Waals surface area contributed by atoms with Crippen LogP contribution in [0.5, 0.6) is 5.75 Å². The van der Waals surface area contributed by atoms with Crippen LogP contribution in [0.25, 0.3) is 0 Å². The van der Waals surface area contributed by atoms with E-state index in [4.69, 9.17) is 5.73 Å². The summed E-state index contributed by atoms with van der Waals surface area (Å²) >= 11 is 0. The zero-order valence-electron chi connectivity index (χ0n) is 11.3. The van der Waals surface area contributed by atoms with Gasteiger partial charge in [-0.1, -0.05) is 31.0 Å². The molecule has 21 heavy (non-hydrogen) atoms. The van der Waals surface area contributed by atoms with E-state index in [-0.39, 0.29) is 24.1 Å². The zero-order valence-corrected chi connectivity index (χ0v) is 12.1. The highest BCUT2D eigenvalue weighted by Gasteiger charge is 2.44. The van der Waals surface area contributed by atoms with E-state index >= 15 is 0 Å². The molecule has 2 rings (SSSR count). The molecule has 0 bridgehead atoms. The van der Waals surface area contributed by atoms with E-state index in [0.717, 1.165) is 25.7 Å². The summed E-state index contributed by atoms with van der Waals surface area (Å²) in [6.07, 6.45) is -4.45. The van der Waals surface area contributed by atoms with Gasteiger partial charge in [-0.25, -0.2) is 0 Å². The Morgan fingerprint density at radius 2 is 1.71 bits per heavy atom. The van der Waals surface area contributed by atoms with E-state index in [1.54, 1.807) is 12.1 Å². The third kappa shape index (κ3) is 4.23. The topological polar surface area (TPSA) is 35.2 Å². The van der Waals surface area contributed by atoms with Gasteiger partial charge in [0.1, 0.15) is 5.75 Å². The molecule has 120 valence electrons. The minimum absolute atomic E-state index is 0. The number of alkyl halides is 4. The predicted octanol–water partition coefficient (Wildman–Crippen LogP) is 4.54. The van der Waals surface area contributed by atoms with Gasteiger partial charge in [0.15, 0.2) is 0 Å². The van der Waals surface area contributed by atoms with E-state index in [1.807, 2.05) is 0 Å². The molecule has 0 saturated heterocycles. The molecule has 1 atom stereocenters. The Balaban J connectivity index is 0.00000220. The number of ether oxygens (including phenoxy) is 1. The van der Waals surface area contributed by atoms with Crippen molar-refractivity contribution in [1.82, 2.24) is 0 Å². The summed E-state index contributed by atoms with van der Waals surface area (Å²) < 4.78 is 54.7. The van der Waals surface area contributed by atoms with Crippen LogP contribution in [0.15, 0.2) is 24.3 Å². The Kier molecular flexibility index (Phi) is 6.28. The van der Waals surface area contributed by atoms with Gasteiger partial charge in [-0.15, -0.1) is 12.4 Å². The lowest BCUT2D eigenvalue weighted by Crippen LogP contribution is -2.34. The molecule has 0 aliphatic heterocycles. The predicted molar refractivity (Wildman–Crippen MR) is 74.2 cm³/mol. The van der Waals surface area contributed by atoms with E-state index < -0.39 is 18.6 Å². The second-order valence-corrected chi connectivity index (χ2v) is 5.07. The summed E-state index contributed by atoms with van der Waals surface area (Å²) in [7, 11) is 0. The monoisotopic (exact) mass is 327 g/mol. The van der Waals surface area contributed by atoms with Crippen LogP contribution in [0.1, 0.15) is 37.3 Å². The number of benzene rings is 1. The average molecular weight is 328 g/mol. The normalized spacial score (nSPS) is 17.6. The Morgan fingerprint density at radius 1 is 1.14 bits per heavy atom. The van der Waals surface area contributed by atoms with Gasteiger partial charge >= 0.3 is 12.5 Å². The highest BCUT2D eigenvalue weighted by atomic mass is 35.5. The molecule has 1 aromatic carbocycles. The van der Waals surface area contributed by atoms with E-state index in [0.29, 0.717) is 5.56 Å². The second kappa shape index (κ2) is 7.31. The summed E-state index contributed by atoms with van der Waals surface area (Å²) in [6, 6.07) is 5.43. The first-order valence-corrected chi connectivity index (χ1v) is 6.61. The van der Waals surface area contributed by atoms with Crippen molar-refractivity contribution in [3.05, 3.63) is 29.8 Å². The Bertz CT molecular complexity index is 452. The van der Waals surface area contributed by atoms with Gasteiger partial charge in [0.25, 0.3) is 0 Å². The number of rotatable bonds is 5. The molecule has 1 aromatic rings. The third-order valence-electron chi connectivity index (χ3n) is 3.69. The van der Waals surface area contributed by atoms with E-state index in [2.05, 4.69) is 4.74 Å². The van der Waals surface area contributed by atoms with Crippen molar-refractivity contribution in [2.24, 2.45) is 11.7 Å². The minimum Gasteiger partial charge on any atom is -0.428 e. The first kappa shape index (κ1) is 18.0. The summed E-state index contributed by atoms with van der Waals surface area (Å²) in [5.74, 6) is -0.0860. The lowest BCUT2D eigenvalue weighted by atomic mass is 9.92. The van der Waals surface area contributed by atoms with Crippen LogP contribution in [0.2, 0.25) is 0 Å². The van der Waals surface area contributed by atoms with Gasteiger partial charge in [-0.05, 0) is 24.8 Å². The molecule has 0 radical (unpaired) electrons. The maximum absolute atomic E-state index is 13.0. The number of para-hydroxylation sites is 1. The van der Waals surface area contributed by atoms with Crippen molar-refractivity contribution in [2.75, 3.05) is 0 Å². The largest absolute Gasteiger partial charge is 0.461 e. The van der Waals surface area contributed by atoms with Crippen LogP contribution in [-0.2, 0) is 0 Å². The fourth-order valence-electron chi connectivity index (χ4n) is 2.61. The van der Waals surface area contributed by atoms with Gasteiger partial charge in [0.2, 0.25) is 0 Å². The third-order valence-corrected chi connectivity index (χ3v) is 3.69. The van der Waals surface area contributed by atoms with Crippen molar-refractivity contribution < 1.29 is 22.3 Å². The fourth-order valence-corrected chi connectivity index (χ4v) is 2.61. The number of hydrogen-bond donors (Lipinski definition) is 1.